The van der Waals surface area contributed by atoms with E-state index in [1.807, 2.05) is 76.5 Å². The molecule has 0 aliphatic heterocycles. The third-order valence-corrected chi connectivity index (χ3v) is 4.31. The molecule has 27 heavy (non-hydrogen) atoms. The molecule has 1 aromatic heterocycles. The van der Waals surface area contributed by atoms with E-state index < -0.39 is 0 Å². The normalized spacial score (nSPS) is 10.4. The average molecular weight is 360 g/mol. The number of aromatic nitrogens is 1. The van der Waals surface area contributed by atoms with Gasteiger partial charge < -0.3 is 15.5 Å². The molecule has 0 aliphatic carbocycles. The SMILES string of the molecule is Cc1ccc(C)c(NC(=O)c2ccc(Nc3ccc(N(C)C)cc3)cn2)c1. The Morgan fingerprint density at radius 1 is 0.926 bits per heavy atom. The van der Waals surface area contributed by atoms with E-state index in [1.54, 1.807) is 12.3 Å². The molecule has 138 valence electrons. The smallest absolute Gasteiger partial charge is 0.274 e. The quantitative estimate of drug-likeness (QED) is 0.689. The molecule has 0 aliphatic rings. The van der Waals surface area contributed by atoms with Crippen LogP contribution in [0.4, 0.5) is 22.7 Å². The number of aryl methyl sites for hydroxylation is 2. The number of amides is 1. The van der Waals surface area contributed by atoms with Crippen molar-refractivity contribution in [2.45, 2.75) is 13.8 Å². The lowest BCUT2D eigenvalue weighted by atomic mass is 10.1. The van der Waals surface area contributed by atoms with Gasteiger partial charge in [-0.2, -0.15) is 0 Å². The number of rotatable bonds is 5. The molecule has 5 nitrogen and oxygen atoms in total. The molecule has 5 heteroatoms. The van der Waals surface area contributed by atoms with Crippen molar-refractivity contribution in [3.8, 4) is 0 Å². The Bertz CT molecular complexity index is 932. The van der Waals surface area contributed by atoms with Gasteiger partial charge in [0.15, 0.2) is 0 Å². The van der Waals surface area contributed by atoms with Crippen molar-refractivity contribution < 1.29 is 4.79 Å². The number of anilines is 4. The maximum Gasteiger partial charge on any atom is 0.274 e. The first kappa shape index (κ1) is 18.5. The van der Waals surface area contributed by atoms with Crippen molar-refractivity contribution in [3.05, 3.63) is 77.6 Å². The molecular formula is C22H24N4O. The van der Waals surface area contributed by atoms with Crippen molar-refractivity contribution in [3.63, 3.8) is 0 Å². The van der Waals surface area contributed by atoms with E-state index in [1.165, 1.54) is 0 Å². The van der Waals surface area contributed by atoms with Gasteiger partial charge in [-0.15, -0.1) is 0 Å². The van der Waals surface area contributed by atoms with E-state index in [9.17, 15) is 4.79 Å². The summed E-state index contributed by atoms with van der Waals surface area (Å²) in [6.45, 7) is 3.97. The van der Waals surface area contributed by atoms with Gasteiger partial charge in [0.25, 0.3) is 5.91 Å². The van der Waals surface area contributed by atoms with E-state index in [4.69, 9.17) is 0 Å². The zero-order valence-electron chi connectivity index (χ0n) is 16.1. The van der Waals surface area contributed by atoms with E-state index >= 15 is 0 Å². The second kappa shape index (κ2) is 7.91. The molecule has 3 rings (SSSR count). The summed E-state index contributed by atoms with van der Waals surface area (Å²) in [7, 11) is 4.02. The molecule has 0 spiro atoms. The minimum atomic E-state index is -0.217. The molecule has 0 atom stereocenters. The number of nitrogens with zero attached hydrogens (tertiary/aromatic N) is 2. The van der Waals surface area contributed by atoms with E-state index in [0.717, 1.165) is 33.9 Å². The number of pyridine rings is 1. The largest absolute Gasteiger partial charge is 0.378 e. The zero-order valence-corrected chi connectivity index (χ0v) is 16.1. The molecule has 1 heterocycles. The summed E-state index contributed by atoms with van der Waals surface area (Å²) in [5.74, 6) is -0.217. The Morgan fingerprint density at radius 3 is 2.26 bits per heavy atom. The summed E-state index contributed by atoms with van der Waals surface area (Å²) in [4.78, 5) is 18.8. The van der Waals surface area contributed by atoms with Crippen LogP contribution in [0.2, 0.25) is 0 Å². The Balaban J connectivity index is 1.67. The molecule has 0 saturated heterocycles. The molecule has 1 amide bonds. The number of hydrogen-bond acceptors (Lipinski definition) is 4. The fraction of sp³-hybridized carbons (Fsp3) is 0.182. The van der Waals surface area contributed by atoms with Crippen LogP contribution in [0.3, 0.4) is 0 Å². The molecule has 0 saturated carbocycles. The number of carbonyl (C=O) groups is 1. The van der Waals surface area contributed by atoms with Crippen LogP contribution in [0.15, 0.2) is 60.8 Å². The highest BCUT2D eigenvalue weighted by Crippen LogP contribution is 2.20. The number of hydrogen-bond donors (Lipinski definition) is 2. The molecular weight excluding hydrogens is 336 g/mol. The van der Waals surface area contributed by atoms with E-state index in [0.29, 0.717) is 5.69 Å². The van der Waals surface area contributed by atoms with Gasteiger partial charge in [-0.1, -0.05) is 12.1 Å². The van der Waals surface area contributed by atoms with Gasteiger partial charge in [0.2, 0.25) is 0 Å². The Labute approximate surface area is 160 Å². The Kier molecular flexibility index (Phi) is 5.41. The summed E-state index contributed by atoms with van der Waals surface area (Å²) in [5, 5.41) is 6.22. The number of nitrogens with one attached hydrogen (secondary N) is 2. The minimum Gasteiger partial charge on any atom is -0.378 e. The highest BCUT2D eigenvalue weighted by Gasteiger charge is 2.09. The fourth-order valence-electron chi connectivity index (χ4n) is 2.67. The summed E-state index contributed by atoms with van der Waals surface area (Å²) in [5.41, 5.74) is 6.24. The molecule has 2 N–H and O–H groups in total. The Morgan fingerprint density at radius 2 is 1.63 bits per heavy atom. The van der Waals surface area contributed by atoms with Crippen molar-refractivity contribution >= 4 is 28.7 Å². The lowest BCUT2D eigenvalue weighted by molar-refractivity contribution is 0.102. The van der Waals surface area contributed by atoms with Crippen LogP contribution in [0.5, 0.6) is 0 Å². The highest BCUT2D eigenvalue weighted by molar-refractivity contribution is 6.03. The molecule has 3 aromatic rings. The fourth-order valence-corrected chi connectivity index (χ4v) is 2.67. The van der Waals surface area contributed by atoms with Crippen LogP contribution in [0, 0.1) is 13.8 Å². The van der Waals surface area contributed by atoms with Gasteiger partial charge in [-0.05, 0) is 67.4 Å². The molecule has 0 radical (unpaired) electrons. The predicted octanol–water partition coefficient (Wildman–Crippen LogP) is 4.76. The van der Waals surface area contributed by atoms with Gasteiger partial charge in [0, 0.05) is 31.2 Å². The van der Waals surface area contributed by atoms with Crippen LogP contribution in [-0.2, 0) is 0 Å². The van der Waals surface area contributed by atoms with Crippen LogP contribution < -0.4 is 15.5 Å². The minimum absolute atomic E-state index is 0.217. The van der Waals surface area contributed by atoms with Crippen LogP contribution in [0.25, 0.3) is 0 Å². The first-order valence-electron chi connectivity index (χ1n) is 8.81. The first-order chi connectivity index (χ1) is 12.9. The average Bonchev–Trinajstić information content (AvgIpc) is 2.65. The molecule has 0 bridgehead atoms. The maximum atomic E-state index is 12.4. The van der Waals surface area contributed by atoms with Crippen LogP contribution >= 0.6 is 0 Å². The second-order valence-corrected chi connectivity index (χ2v) is 6.77. The number of carbonyl (C=O) groups excluding carboxylic acids is 1. The van der Waals surface area contributed by atoms with Crippen molar-refractivity contribution in [1.29, 1.82) is 0 Å². The topological polar surface area (TPSA) is 57.3 Å². The van der Waals surface area contributed by atoms with Crippen LogP contribution in [-0.4, -0.2) is 25.0 Å². The lowest BCUT2D eigenvalue weighted by Gasteiger charge is -2.13. The standard InChI is InChI=1S/C22H24N4O/c1-15-5-6-16(2)21(13-15)25-22(27)20-12-9-18(14-23-20)24-17-7-10-19(11-8-17)26(3)4/h5-14,24H,1-4H3,(H,25,27). The van der Waals surface area contributed by atoms with Crippen molar-refractivity contribution in [2.24, 2.45) is 0 Å². The van der Waals surface area contributed by atoms with Gasteiger partial charge in [-0.3, -0.25) is 4.79 Å². The van der Waals surface area contributed by atoms with Crippen molar-refractivity contribution in [2.75, 3.05) is 29.6 Å². The monoisotopic (exact) mass is 360 g/mol. The maximum absolute atomic E-state index is 12.4. The van der Waals surface area contributed by atoms with Gasteiger partial charge in [-0.25, -0.2) is 4.98 Å². The van der Waals surface area contributed by atoms with Crippen molar-refractivity contribution in [1.82, 2.24) is 4.98 Å². The lowest BCUT2D eigenvalue weighted by Crippen LogP contribution is -2.14. The first-order valence-corrected chi connectivity index (χ1v) is 8.81. The van der Waals surface area contributed by atoms with E-state index in [2.05, 4.69) is 20.5 Å². The summed E-state index contributed by atoms with van der Waals surface area (Å²) in [6.07, 6.45) is 1.66. The number of benzene rings is 2. The summed E-state index contributed by atoms with van der Waals surface area (Å²) >= 11 is 0. The van der Waals surface area contributed by atoms with Crippen LogP contribution in [0.1, 0.15) is 21.6 Å². The second-order valence-electron chi connectivity index (χ2n) is 6.77. The molecule has 0 unspecified atom stereocenters. The molecule has 0 fully saturated rings. The van der Waals surface area contributed by atoms with Gasteiger partial charge in [0.1, 0.15) is 5.69 Å². The van der Waals surface area contributed by atoms with Gasteiger partial charge in [0.05, 0.1) is 11.9 Å². The third kappa shape index (κ3) is 4.64. The highest BCUT2D eigenvalue weighted by atomic mass is 16.1. The molecule has 2 aromatic carbocycles. The van der Waals surface area contributed by atoms with E-state index in [-0.39, 0.29) is 5.91 Å². The summed E-state index contributed by atoms with van der Waals surface area (Å²) < 4.78 is 0. The zero-order chi connectivity index (χ0) is 19.4. The summed E-state index contributed by atoms with van der Waals surface area (Å²) in [6, 6.07) is 17.7. The predicted molar refractivity (Wildman–Crippen MR) is 112 cm³/mol. The Hall–Kier alpha value is -3.34. The third-order valence-electron chi connectivity index (χ3n) is 4.31. The van der Waals surface area contributed by atoms with Gasteiger partial charge >= 0.3 is 0 Å².